The molecule has 4 heterocycles. The van der Waals surface area contributed by atoms with Gasteiger partial charge >= 0.3 is 12.1 Å². The van der Waals surface area contributed by atoms with E-state index in [1.54, 1.807) is 18.3 Å². The number of carbonyl (C=O) groups excluding carboxylic acids is 1. The minimum Gasteiger partial charge on any atom is -0.475 e. The third-order valence-corrected chi connectivity index (χ3v) is 5.82. The molecule has 0 saturated carbocycles. The molecule has 0 saturated heterocycles. The van der Waals surface area contributed by atoms with Crippen molar-refractivity contribution in [2.45, 2.75) is 25.4 Å². The first-order chi connectivity index (χ1) is 18.1. The summed E-state index contributed by atoms with van der Waals surface area (Å²) in [6.45, 7) is 0.659. The van der Waals surface area contributed by atoms with Crippen LogP contribution < -0.4 is 5.32 Å². The molecule has 11 heteroatoms. The van der Waals surface area contributed by atoms with Gasteiger partial charge in [-0.15, -0.1) is 0 Å². The summed E-state index contributed by atoms with van der Waals surface area (Å²) < 4.78 is 44.8. The number of fused-ring (bicyclic) bond motifs is 1. The standard InChI is InChI=1S/C25H21FN4O.C2HF3O2/c26-19-5-1-16(2-6-19)3-7-20-8-4-18(15-29-20)23-13-17(9-11-27-23)24-14-21-22(30-24)10-12-28-25(21)31;3-2(4,5)1(6)7/h1-2,4-6,8-9,11,13-15,30H,3,7,10,12H2,(H,28,31);(H,6,7). The van der Waals surface area contributed by atoms with E-state index in [2.05, 4.69) is 20.3 Å². The molecule has 0 spiro atoms. The van der Waals surface area contributed by atoms with Gasteiger partial charge in [0, 0.05) is 53.6 Å². The minimum absolute atomic E-state index is 0.0292. The number of pyridine rings is 2. The molecule has 0 atom stereocenters. The normalized spacial score (nSPS) is 12.7. The highest BCUT2D eigenvalue weighted by atomic mass is 19.4. The highest BCUT2D eigenvalue weighted by Crippen LogP contribution is 2.27. The number of nitrogens with one attached hydrogen (secondary N) is 2. The molecule has 1 aliphatic rings. The van der Waals surface area contributed by atoms with Crippen LogP contribution in [0.4, 0.5) is 17.6 Å². The maximum absolute atomic E-state index is 13.0. The molecule has 0 unspecified atom stereocenters. The number of H-pyrrole nitrogens is 1. The van der Waals surface area contributed by atoms with Crippen LogP contribution in [-0.4, -0.2) is 44.7 Å². The zero-order valence-electron chi connectivity index (χ0n) is 19.8. The number of benzene rings is 1. The highest BCUT2D eigenvalue weighted by molar-refractivity contribution is 5.97. The Morgan fingerprint density at radius 2 is 1.71 bits per heavy atom. The molecular weight excluding hydrogens is 504 g/mol. The fourth-order valence-electron chi connectivity index (χ4n) is 3.85. The van der Waals surface area contributed by atoms with Crippen molar-refractivity contribution in [3.63, 3.8) is 0 Å². The fourth-order valence-corrected chi connectivity index (χ4v) is 3.85. The Labute approximate surface area is 214 Å². The van der Waals surface area contributed by atoms with Crippen LogP contribution in [-0.2, 0) is 24.1 Å². The summed E-state index contributed by atoms with van der Waals surface area (Å²) in [5, 5.41) is 10.00. The van der Waals surface area contributed by atoms with Crippen LogP contribution >= 0.6 is 0 Å². The van der Waals surface area contributed by atoms with Gasteiger partial charge < -0.3 is 15.4 Å². The Morgan fingerprint density at radius 1 is 0.974 bits per heavy atom. The molecular formula is C27H22F4N4O3. The van der Waals surface area contributed by atoms with Gasteiger partial charge in [-0.2, -0.15) is 13.2 Å². The number of amides is 1. The molecule has 3 aromatic heterocycles. The molecule has 3 N–H and O–H groups in total. The number of aromatic amines is 1. The van der Waals surface area contributed by atoms with Gasteiger partial charge in [0.05, 0.1) is 11.3 Å². The van der Waals surface area contributed by atoms with E-state index >= 15 is 0 Å². The number of aliphatic carboxylic acids is 1. The van der Waals surface area contributed by atoms with Gasteiger partial charge in [0.15, 0.2) is 0 Å². The Balaban J connectivity index is 0.000000426. The van der Waals surface area contributed by atoms with Crippen molar-refractivity contribution in [1.82, 2.24) is 20.3 Å². The predicted octanol–water partition coefficient (Wildman–Crippen LogP) is 4.98. The number of carbonyl (C=O) groups is 2. The lowest BCUT2D eigenvalue weighted by Crippen LogP contribution is -2.31. The van der Waals surface area contributed by atoms with Crippen LogP contribution in [0.15, 0.2) is 67.0 Å². The molecule has 38 heavy (non-hydrogen) atoms. The second-order valence-electron chi connectivity index (χ2n) is 8.48. The number of aromatic nitrogens is 3. The highest BCUT2D eigenvalue weighted by Gasteiger charge is 2.38. The van der Waals surface area contributed by atoms with Crippen LogP contribution in [0.2, 0.25) is 0 Å². The average molecular weight is 526 g/mol. The minimum atomic E-state index is -5.08. The Kier molecular flexibility index (Phi) is 7.85. The van der Waals surface area contributed by atoms with Crippen molar-refractivity contribution in [3.8, 4) is 22.5 Å². The number of carboxylic acids is 1. The first-order valence-corrected chi connectivity index (χ1v) is 11.6. The maximum atomic E-state index is 13.0. The summed E-state index contributed by atoms with van der Waals surface area (Å²) in [4.78, 5) is 33.4. The number of halogens is 4. The van der Waals surface area contributed by atoms with Gasteiger partial charge in [-0.05, 0) is 60.9 Å². The molecule has 7 nitrogen and oxygen atoms in total. The number of aryl methyl sites for hydroxylation is 2. The Morgan fingerprint density at radius 3 is 2.34 bits per heavy atom. The zero-order chi connectivity index (χ0) is 27.3. The Bertz CT molecular complexity index is 1430. The zero-order valence-corrected chi connectivity index (χ0v) is 19.8. The summed E-state index contributed by atoms with van der Waals surface area (Å²) in [6, 6.07) is 16.4. The molecule has 1 amide bonds. The summed E-state index contributed by atoms with van der Waals surface area (Å²) in [5.74, 6) is -3.00. The van der Waals surface area contributed by atoms with Crippen molar-refractivity contribution in [1.29, 1.82) is 0 Å². The second kappa shape index (κ2) is 11.2. The van der Waals surface area contributed by atoms with Crippen molar-refractivity contribution in [2.24, 2.45) is 0 Å². The molecule has 0 radical (unpaired) electrons. The first kappa shape index (κ1) is 26.5. The summed E-state index contributed by atoms with van der Waals surface area (Å²) in [7, 11) is 0. The van der Waals surface area contributed by atoms with Crippen molar-refractivity contribution in [3.05, 3.63) is 95.3 Å². The van der Waals surface area contributed by atoms with E-state index in [-0.39, 0.29) is 11.7 Å². The van der Waals surface area contributed by atoms with E-state index in [4.69, 9.17) is 9.90 Å². The van der Waals surface area contributed by atoms with E-state index in [1.807, 2.05) is 36.5 Å². The van der Waals surface area contributed by atoms with E-state index in [0.29, 0.717) is 12.1 Å². The van der Waals surface area contributed by atoms with Gasteiger partial charge in [0.25, 0.3) is 5.91 Å². The van der Waals surface area contributed by atoms with Crippen molar-refractivity contribution >= 4 is 11.9 Å². The van der Waals surface area contributed by atoms with E-state index in [9.17, 15) is 22.4 Å². The van der Waals surface area contributed by atoms with Gasteiger partial charge in [-0.25, -0.2) is 9.18 Å². The number of alkyl halides is 3. The monoisotopic (exact) mass is 526 g/mol. The molecule has 1 aromatic carbocycles. The molecule has 0 bridgehead atoms. The van der Waals surface area contributed by atoms with Crippen LogP contribution in [0.3, 0.4) is 0 Å². The van der Waals surface area contributed by atoms with Crippen LogP contribution in [0.5, 0.6) is 0 Å². The van der Waals surface area contributed by atoms with Crippen LogP contribution in [0, 0.1) is 5.82 Å². The first-order valence-electron chi connectivity index (χ1n) is 11.6. The summed E-state index contributed by atoms with van der Waals surface area (Å²) in [6.07, 6.45) is 0.926. The van der Waals surface area contributed by atoms with Crippen LogP contribution in [0.1, 0.15) is 27.3 Å². The lowest BCUT2D eigenvalue weighted by molar-refractivity contribution is -0.192. The third-order valence-electron chi connectivity index (χ3n) is 5.82. The number of nitrogens with zero attached hydrogens (tertiary/aromatic N) is 2. The Hall–Kier alpha value is -4.54. The smallest absolute Gasteiger partial charge is 0.475 e. The van der Waals surface area contributed by atoms with Crippen molar-refractivity contribution < 1.29 is 32.3 Å². The number of rotatable bonds is 5. The summed E-state index contributed by atoms with van der Waals surface area (Å²) >= 11 is 0. The number of carboxylic acid groups (broad SMARTS) is 1. The maximum Gasteiger partial charge on any atom is 0.490 e. The van der Waals surface area contributed by atoms with E-state index < -0.39 is 12.1 Å². The van der Waals surface area contributed by atoms with Gasteiger partial charge in [0.2, 0.25) is 0 Å². The fraction of sp³-hybridized carbons (Fsp3) is 0.185. The van der Waals surface area contributed by atoms with Crippen LogP contribution in [0.25, 0.3) is 22.5 Å². The number of hydrogen-bond acceptors (Lipinski definition) is 4. The summed E-state index contributed by atoms with van der Waals surface area (Å²) in [5.41, 5.74) is 7.41. The number of hydrogen-bond donors (Lipinski definition) is 3. The predicted molar refractivity (Wildman–Crippen MR) is 131 cm³/mol. The molecule has 4 aromatic rings. The largest absolute Gasteiger partial charge is 0.490 e. The lowest BCUT2D eigenvalue weighted by atomic mass is 10.1. The topological polar surface area (TPSA) is 108 Å². The molecule has 196 valence electrons. The van der Waals surface area contributed by atoms with E-state index in [0.717, 1.165) is 58.7 Å². The van der Waals surface area contributed by atoms with E-state index in [1.165, 1.54) is 12.1 Å². The molecule has 0 fully saturated rings. The average Bonchev–Trinajstić information content (AvgIpc) is 3.35. The third kappa shape index (κ3) is 6.61. The second-order valence-corrected chi connectivity index (χ2v) is 8.48. The van der Waals surface area contributed by atoms with Crippen molar-refractivity contribution in [2.75, 3.05) is 6.54 Å². The van der Waals surface area contributed by atoms with Gasteiger partial charge in [-0.3, -0.25) is 14.8 Å². The molecule has 5 rings (SSSR count). The quantitative estimate of drug-likeness (QED) is 0.318. The van der Waals surface area contributed by atoms with Gasteiger partial charge in [0.1, 0.15) is 5.82 Å². The molecule has 1 aliphatic heterocycles. The SMILES string of the molecule is O=C(O)C(F)(F)F.O=C1NCCc2[nH]c(-c3ccnc(-c4ccc(CCc5ccc(F)cc5)nc4)c3)cc21. The lowest BCUT2D eigenvalue weighted by Gasteiger charge is -2.10. The molecule has 0 aliphatic carbocycles. The van der Waals surface area contributed by atoms with Gasteiger partial charge in [-0.1, -0.05) is 12.1 Å².